The van der Waals surface area contributed by atoms with E-state index in [0.717, 1.165) is 31.8 Å². The molecular weight excluding hydrogens is 403 g/mol. The van der Waals surface area contributed by atoms with E-state index in [4.69, 9.17) is 4.98 Å². The smallest absolute Gasteiger partial charge is 0.256 e. The second-order valence-corrected chi connectivity index (χ2v) is 9.33. The molecule has 5 rings (SSSR count). The van der Waals surface area contributed by atoms with Crippen LogP contribution in [-0.4, -0.2) is 44.9 Å². The van der Waals surface area contributed by atoms with Gasteiger partial charge in [0.2, 0.25) is 0 Å². The van der Waals surface area contributed by atoms with Gasteiger partial charge in [-0.2, -0.15) is 0 Å². The van der Waals surface area contributed by atoms with Crippen LogP contribution in [0.15, 0.2) is 60.9 Å². The molecule has 0 unspecified atom stereocenters. The molecule has 0 bridgehead atoms. The third kappa shape index (κ3) is 3.43. The van der Waals surface area contributed by atoms with Crippen molar-refractivity contribution in [3.8, 4) is 5.69 Å². The van der Waals surface area contributed by atoms with Gasteiger partial charge >= 0.3 is 0 Å². The molecule has 6 heteroatoms. The Morgan fingerprint density at radius 1 is 1.09 bits per heavy atom. The molecule has 1 spiro atoms. The standard InChI is InChI=1S/C26H29FN4O/c1-19(2)17-30-18-20-7-3-6-10-23(20)31-16-13-28-25(31)26(30)11-14-29(15-12-26)24(32)21-8-4-5-9-22(21)27/h3-10,13,16,19H,11-12,14-15,17-18H2,1-2H3. The number of hydrogen-bond acceptors (Lipinski definition) is 3. The number of amides is 1. The Morgan fingerprint density at radius 2 is 1.81 bits per heavy atom. The van der Waals surface area contributed by atoms with Crippen molar-refractivity contribution in [2.75, 3.05) is 19.6 Å². The van der Waals surface area contributed by atoms with Gasteiger partial charge in [-0.05, 0) is 42.5 Å². The van der Waals surface area contributed by atoms with Gasteiger partial charge in [0, 0.05) is 38.6 Å². The molecule has 0 atom stereocenters. The van der Waals surface area contributed by atoms with Gasteiger partial charge in [0.15, 0.2) is 0 Å². The van der Waals surface area contributed by atoms with Crippen LogP contribution < -0.4 is 0 Å². The number of likely N-dealkylation sites (tertiary alicyclic amines) is 1. The fourth-order valence-corrected chi connectivity index (χ4v) is 5.32. The summed E-state index contributed by atoms with van der Waals surface area (Å²) in [5.74, 6) is 0.855. The van der Waals surface area contributed by atoms with Crippen LogP contribution in [0.2, 0.25) is 0 Å². The highest BCUT2D eigenvalue weighted by molar-refractivity contribution is 5.94. The van der Waals surface area contributed by atoms with Crippen LogP contribution in [0.3, 0.4) is 0 Å². The van der Waals surface area contributed by atoms with Crippen molar-refractivity contribution in [1.82, 2.24) is 19.4 Å². The molecule has 2 aromatic carbocycles. The first kappa shape index (κ1) is 20.9. The Bertz CT molecular complexity index is 1130. The van der Waals surface area contributed by atoms with E-state index in [0.29, 0.717) is 19.0 Å². The molecule has 5 nitrogen and oxygen atoms in total. The molecular formula is C26H29FN4O. The number of fused-ring (bicyclic) bond motifs is 4. The first-order valence-electron chi connectivity index (χ1n) is 11.4. The lowest BCUT2D eigenvalue weighted by atomic mass is 9.83. The average Bonchev–Trinajstić information content (AvgIpc) is 3.26. The van der Waals surface area contributed by atoms with Gasteiger partial charge in [0.05, 0.1) is 16.8 Å². The maximum absolute atomic E-state index is 14.2. The maximum atomic E-state index is 14.2. The number of nitrogens with zero attached hydrogens (tertiary/aromatic N) is 4. The fraction of sp³-hybridized carbons (Fsp3) is 0.385. The number of aromatic nitrogens is 2. The Hall–Kier alpha value is -2.99. The summed E-state index contributed by atoms with van der Waals surface area (Å²) in [7, 11) is 0. The van der Waals surface area contributed by atoms with Crippen LogP contribution in [0.25, 0.3) is 5.69 Å². The van der Waals surface area contributed by atoms with E-state index in [1.165, 1.54) is 17.3 Å². The molecule has 3 heterocycles. The number of piperidine rings is 1. The van der Waals surface area contributed by atoms with Crippen LogP contribution in [0.1, 0.15) is 48.4 Å². The number of halogens is 1. The number of para-hydroxylation sites is 1. The van der Waals surface area contributed by atoms with Crippen molar-refractivity contribution in [2.24, 2.45) is 5.92 Å². The largest absolute Gasteiger partial charge is 0.338 e. The van der Waals surface area contributed by atoms with Gasteiger partial charge in [-0.1, -0.05) is 44.2 Å². The monoisotopic (exact) mass is 432 g/mol. The van der Waals surface area contributed by atoms with Crippen LogP contribution >= 0.6 is 0 Å². The van der Waals surface area contributed by atoms with Crippen molar-refractivity contribution >= 4 is 5.91 Å². The van der Waals surface area contributed by atoms with Crippen LogP contribution in [0.5, 0.6) is 0 Å². The summed E-state index contributed by atoms with van der Waals surface area (Å²) in [6.07, 6.45) is 5.46. The predicted octanol–water partition coefficient (Wildman–Crippen LogP) is 4.61. The quantitative estimate of drug-likeness (QED) is 0.607. The molecule has 2 aliphatic heterocycles. The maximum Gasteiger partial charge on any atom is 0.256 e. The molecule has 0 saturated carbocycles. The molecule has 1 amide bonds. The zero-order chi connectivity index (χ0) is 22.3. The third-order valence-corrected chi connectivity index (χ3v) is 6.84. The van der Waals surface area contributed by atoms with E-state index in [2.05, 4.69) is 47.6 Å². The van der Waals surface area contributed by atoms with Gasteiger partial charge in [-0.25, -0.2) is 9.37 Å². The lowest BCUT2D eigenvalue weighted by Crippen LogP contribution is -2.55. The minimum absolute atomic E-state index is 0.150. The SMILES string of the molecule is CC(C)CN1Cc2ccccc2-n2ccnc2C12CCN(C(=O)c1ccccc1F)CC2. The summed E-state index contributed by atoms with van der Waals surface area (Å²) in [4.78, 5) is 22.3. The lowest BCUT2D eigenvalue weighted by Gasteiger charge is -2.48. The molecule has 1 aromatic heterocycles. The first-order valence-corrected chi connectivity index (χ1v) is 11.4. The molecule has 0 aliphatic carbocycles. The van der Waals surface area contributed by atoms with E-state index >= 15 is 0 Å². The summed E-state index contributed by atoms with van der Waals surface area (Å²) in [5.41, 5.74) is 2.35. The Balaban J connectivity index is 1.50. The lowest BCUT2D eigenvalue weighted by molar-refractivity contribution is 0.000668. The van der Waals surface area contributed by atoms with Crippen molar-refractivity contribution in [1.29, 1.82) is 0 Å². The van der Waals surface area contributed by atoms with Crippen molar-refractivity contribution in [3.63, 3.8) is 0 Å². The highest BCUT2D eigenvalue weighted by atomic mass is 19.1. The fourth-order valence-electron chi connectivity index (χ4n) is 5.32. The topological polar surface area (TPSA) is 41.4 Å². The normalized spacial score (nSPS) is 17.8. The van der Waals surface area contributed by atoms with Crippen molar-refractivity contribution < 1.29 is 9.18 Å². The average molecular weight is 433 g/mol. The minimum atomic E-state index is -0.459. The third-order valence-electron chi connectivity index (χ3n) is 6.84. The molecule has 166 valence electrons. The van der Waals surface area contributed by atoms with E-state index in [1.54, 1.807) is 23.1 Å². The summed E-state index contributed by atoms with van der Waals surface area (Å²) in [5, 5.41) is 0. The summed E-state index contributed by atoms with van der Waals surface area (Å²) < 4.78 is 16.5. The number of hydrogen-bond donors (Lipinski definition) is 0. The summed E-state index contributed by atoms with van der Waals surface area (Å²) in [6, 6.07) is 14.8. The van der Waals surface area contributed by atoms with E-state index in [9.17, 15) is 9.18 Å². The number of carbonyl (C=O) groups is 1. The second kappa shape index (κ2) is 8.17. The zero-order valence-electron chi connectivity index (χ0n) is 18.7. The molecule has 3 aromatic rings. The van der Waals surface area contributed by atoms with Crippen LogP contribution in [0.4, 0.5) is 4.39 Å². The van der Waals surface area contributed by atoms with Gasteiger partial charge in [0.25, 0.3) is 5.91 Å². The van der Waals surface area contributed by atoms with Crippen LogP contribution in [0, 0.1) is 11.7 Å². The second-order valence-electron chi connectivity index (χ2n) is 9.33. The molecule has 2 aliphatic rings. The van der Waals surface area contributed by atoms with E-state index < -0.39 is 5.82 Å². The number of imidazole rings is 1. The Kier molecular flexibility index (Phi) is 5.33. The first-order chi connectivity index (χ1) is 15.5. The summed E-state index contributed by atoms with van der Waals surface area (Å²) in [6.45, 7) is 7.43. The summed E-state index contributed by atoms with van der Waals surface area (Å²) >= 11 is 0. The number of benzene rings is 2. The minimum Gasteiger partial charge on any atom is -0.338 e. The molecule has 32 heavy (non-hydrogen) atoms. The zero-order valence-corrected chi connectivity index (χ0v) is 18.7. The van der Waals surface area contributed by atoms with E-state index in [1.807, 2.05) is 12.4 Å². The highest BCUT2D eigenvalue weighted by Gasteiger charge is 2.47. The van der Waals surface area contributed by atoms with Crippen molar-refractivity contribution in [3.05, 3.63) is 83.7 Å². The Labute approximate surface area is 188 Å². The highest BCUT2D eigenvalue weighted by Crippen LogP contribution is 2.43. The van der Waals surface area contributed by atoms with Gasteiger partial charge < -0.3 is 9.47 Å². The van der Waals surface area contributed by atoms with Gasteiger partial charge in [0.1, 0.15) is 11.6 Å². The molecule has 1 saturated heterocycles. The van der Waals surface area contributed by atoms with Gasteiger partial charge in [-0.3, -0.25) is 9.69 Å². The molecule has 1 fully saturated rings. The van der Waals surface area contributed by atoms with Crippen LogP contribution in [-0.2, 0) is 12.1 Å². The molecule has 0 N–H and O–H groups in total. The van der Waals surface area contributed by atoms with E-state index in [-0.39, 0.29) is 17.0 Å². The molecule has 0 radical (unpaired) electrons. The number of carbonyl (C=O) groups excluding carboxylic acids is 1. The Morgan fingerprint density at radius 3 is 2.56 bits per heavy atom. The number of rotatable bonds is 3. The predicted molar refractivity (Wildman–Crippen MR) is 122 cm³/mol. The van der Waals surface area contributed by atoms with Crippen molar-refractivity contribution in [2.45, 2.75) is 38.8 Å². The van der Waals surface area contributed by atoms with Gasteiger partial charge in [-0.15, -0.1) is 0 Å².